The van der Waals surface area contributed by atoms with Crippen LogP contribution in [0.3, 0.4) is 0 Å². The molecule has 80 valence electrons. The van der Waals surface area contributed by atoms with E-state index in [-0.39, 0.29) is 6.04 Å². The van der Waals surface area contributed by atoms with Crippen molar-refractivity contribution < 1.29 is 0 Å². The highest BCUT2D eigenvalue weighted by Crippen LogP contribution is 2.22. The summed E-state index contributed by atoms with van der Waals surface area (Å²) in [5.41, 5.74) is 1.11. The molecule has 0 amide bonds. The molecule has 0 aliphatic heterocycles. The number of hydrogen-bond donors (Lipinski definition) is 1. The molecule has 0 saturated carbocycles. The Morgan fingerprint density at radius 1 is 1.40 bits per heavy atom. The Morgan fingerprint density at radius 3 is 2.73 bits per heavy atom. The first kappa shape index (κ1) is 12.3. The van der Waals surface area contributed by atoms with Gasteiger partial charge in [-0.15, -0.1) is 0 Å². The molecule has 0 aliphatic rings. The van der Waals surface area contributed by atoms with E-state index in [2.05, 4.69) is 11.4 Å². The van der Waals surface area contributed by atoms with Crippen molar-refractivity contribution in [1.29, 1.82) is 5.26 Å². The third kappa shape index (κ3) is 4.09. The van der Waals surface area contributed by atoms with Gasteiger partial charge in [0.15, 0.2) is 0 Å². The fourth-order valence-electron chi connectivity index (χ4n) is 1.17. The standard InChI is InChI=1S/C11H12Cl2N2/c1-8(7-14)15-5-4-9-2-3-10(12)11(13)6-9/h2-3,6,8,15H,4-5H2,1H3. The summed E-state index contributed by atoms with van der Waals surface area (Å²) in [6, 6.07) is 7.57. The van der Waals surface area contributed by atoms with Crippen molar-refractivity contribution >= 4 is 23.2 Å². The monoisotopic (exact) mass is 242 g/mol. The molecular formula is C11H12Cl2N2. The van der Waals surface area contributed by atoms with Crippen LogP contribution in [-0.2, 0) is 6.42 Å². The number of benzene rings is 1. The van der Waals surface area contributed by atoms with E-state index in [1.54, 1.807) is 6.07 Å². The Labute approximate surface area is 99.8 Å². The molecule has 4 heteroatoms. The quantitative estimate of drug-likeness (QED) is 0.882. The number of nitriles is 1. The largest absolute Gasteiger partial charge is 0.302 e. The molecule has 0 heterocycles. The van der Waals surface area contributed by atoms with Gasteiger partial charge in [-0.3, -0.25) is 0 Å². The van der Waals surface area contributed by atoms with Gasteiger partial charge in [0.2, 0.25) is 0 Å². The Balaban J connectivity index is 2.45. The molecule has 0 saturated heterocycles. The van der Waals surface area contributed by atoms with E-state index in [9.17, 15) is 0 Å². The van der Waals surface area contributed by atoms with Crippen LogP contribution in [0, 0.1) is 11.3 Å². The lowest BCUT2D eigenvalue weighted by Crippen LogP contribution is -2.26. The molecule has 1 rings (SSSR count). The number of hydrogen-bond acceptors (Lipinski definition) is 2. The molecule has 1 aromatic rings. The second kappa shape index (κ2) is 5.97. The van der Waals surface area contributed by atoms with Crippen LogP contribution in [-0.4, -0.2) is 12.6 Å². The van der Waals surface area contributed by atoms with Crippen molar-refractivity contribution in [3.63, 3.8) is 0 Å². The molecular weight excluding hydrogens is 231 g/mol. The van der Waals surface area contributed by atoms with Gasteiger partial charge in [-0.1, -0.05) is 29.3 Å². The van der Waals surface area contributed by atoms with Crippen LogP contribution in [0.1, 0.15) is 12.5 Å². The molecule has 1 unspecified atom stereocenters. The Hall–Kier alpha value is -0.750. The fraction of sp³-hybridized carbons (Fsp3) is 0.364. The molecule has 0 bridgehead atoms. The molecule has 0 aliphatic carbocycles. The smallest absolute Gasteiger partial charge is 0.0924 e. The van der Waals surface area contributed by atoms with Gasteiger partial charge in [-0.2, -0.15) is 5.26 Å². The molecule has 0 aromatic heterocycles. The fourth-order valence-corrected chi connectivity index (χ4v) is 1.49. The molecule has 15 heavy (non-hydrogen) atoms. The van der Waals surface area contributed by atoms with Crippen molar-refractivity contribution in [2.75, 3.05) is 6.54 Å². The summed E-state index contributed by atoms with van der Waals surface area (Å²) < 4.78 is 0. The normalized spacial score (nSPS) is 12.1. The second-order valence-electron chi connectivity index (χ2n) is 3.30. The van der Waals surface area contributed by atoms with Crippen LogP contribution in [0.2, 0.25) is 10.0 Å². The van der Waals surface area contributed by atoms with Gasteiger partial charge in [0.1, 0.15) is 0 Å². The summed E-state index contributed by atoms with van der Waals surface area (Å²) in [5.74, 6) is 0. The zero-order chi connectivity index (χ0) is 11.3. The summed E-state index contributed by atoms with van der Waals surface area (Å²) in [4.78, 5) is 0. The SMILES string of the molecule is CC(C#N)NCCc1ccc(Cl)c(Cl)c1. The highest BCUT2D eigenvalue weighted by Gasteiger charge is 2.01. The highest BCUT2D eigenvalue weighted by molar-refractivity contribution is 6.42. The molecule has 1 N–H and O–H groups in total. The van der Waals surface area contributed by atoms with Gasteiger partial charge in [-0.25, -0.2) is 0 Å². The number of halogens is 2. The van der Waals surface area contributed by atoms with Gasteiger partial charge in [-0.05, 0) is 31.0 Å². The third-order valence-corrected chi connectivity index (χ3v) is 2.78. The van der Waals surface area contributed by atoms with Gasteiger partial charge in [0, 0.05) is 6.54 Å². The number of rotatable bonds is 4. The van der Waals surface area contributed by atoms with Crippen molar-refractivity contribution in [2.24, 2.45) is 0 Å². The Kier molecular flexibility index (Phi) is 4.90. The average Bonchev–Trinajstić information content (AvgIpc) is 2.23. The lowest BCUT2D eigenvalue weighted by atomic mass is 10.1. The van der Waals surface area contributed by atoms with E-state index in [4.69, 9.17) is 28.5 Å². The van der Waals surface area contributed by atoms with E-state index >= 15 is 0 Å². The second-order valence-corrected chi connectivity index (χ2v) is 4.12. The van der Waals surface area contributed by atoms with Crippen LogP contribution in [0.4, 0.5) is 0 Å². The minimum Gasteiger partial charge on any atom is -0.302 e. The van der Waals surface area contributed by atoms with Crippen molar-refractivity contribution in [3.05, 3.63) is 33.8 Å². The van der Waals surface area contributed by atoms with Gasteiger partial charge in [0.05, 0.1) is 22.2 Å². The molecule has 0 fully saturated rings. The van der Waals surface area contributed by atoms with Crippen molar-refractivity contribution in [2.45, 2.75) is 19.4 Å². The molecule has 1 aromatic carbocycles. The first-order chi connectivity index (χ1) is 7.13. The Morgan fingerprint density at radius 2 is 2.13 bits per heavy atom. The Bertz CT molecular complexity index is 371. The average molecular weight is 243 g/mol. The minimum atomic E-state index is -0.118. The molecule has 1 atom stereocenters. The minimum absolute atomic E-state index is 0.118. The zero-order valence-corrected chi connectivity index (χ0v) is 9.94. The maximum atomic E-state index is 8.56. The topological polar surface area (TPSA) is 35.8 Å². The predicted octanol–water partition coefficient (Wildman–Crippen LogP) is 3.04. The summed E-state index contributed by atoms with van der Waals surface area (Å²) in [6.07, 6.45) is 0.836. The summed E-state index contributed by atoms with van der Waals surface area (Å²) in [5, 5.41) is 12.8. The van der Waals surface area contributed by atoms with E-state index in [1.807, 2.05) is 19.1 Å². The highest BCUT2D eigenvalue weighted by atomic mass is 35.5. The third-order valence-electron chi connectivity index (χ3n) is 2.04. The lowest BCUT2D eigenvalue weighted by Gasteiger charge is -2.06. The molecule has 0 radical (unpaired) electrons. The number of nitrogens with zero attached hydrogens (tertiary/aromatic N) is 1. The van der Waals surface area contributed by atoms with Crippen molar-refractivity contribution in [1.82, 2.24) is 5.32 Å². The van der Waals surface area contributed by atoms with E-state index in [0.717, 1.165) is 18.5 Å². The summed E-state index contributed by atoms with van der Waals surface area (Å²) in [6.45, 7) is 2.58. The number of nitrogens with one attached hydrogen (secondary N) is 1. The molecule has 0 spiro atoms. The maximum Gasteiger partial charge on any atom is 0.0924 e. The summed E-state index contributed by atoms with van der Waals surface area (Å²) >= 11 is 11.7. The van der Waals surface area contributed by atoms with E-state index in [1.165, 1.54) is 0 Å². The van der Waals surface area contributed by atoms with Crippen LogP contribution >= 0.6 is 23.2 Å². The van der Waals surface area contributed by atoms with E-state index in [0.29, 0.717) is 10.0 Å². The molecule has 2 nitrogen and oxygen atoms in total. The van der Waals surface area contributed by atoms with Crippen molar-refractivity contribution in [3.8, 4) is 6.07 Å². The van der Waals surface area contributed by atoms with E-state index < -0.39 is 0 Å². The summed E-state index contributed by atoms with van der Waals surface area (Å²) in [7, 11) is 0. The van der Waals surface area contributed by atoms with Gasteiger partial charge in [0.25, 0.3) is 0 Å². The van der Waals surface area contributed by atoms with Crippen LogP contribution in [0.15, 0.2) is 18.2 Å². The van der Waals surface area contributed by atoms with Crippen LogP contribution in [0.25, 0.3) is 0 Å². The van der Waals surface area contributed by atoms with Gasteiger partial charge >= 0.3 is 0 Å². The zero-order valence-electron chi connectivity index (χ0n) is 8.43. The van der Waals surface area contributed by atoms with Crippen LogP contribution in [0.5, 0.6) is 0 Å². The lowest BCUT2D eigenvalue weighted by molar-refractivity contribution is 0.640. The van der Waals surface area contributed by atoms with Crippen LogP contribution < -0.4 is 5.32 Å². The maximum absolute atomic E-state index is 8.56. The first-order valence-corrected chi connectivity index (χ1v) is 5.46. The van der Waals surface area contributed by atoms with Gasteiger partial charge < -0.3 is 5.32 Å². The predicted molar refractivity (Wildman–Crippen MR) is 63.2 cm³/mol. The first-order valence-electron chi connectivity index (χ1n) is 4.70.